The molecule has 1 aliphatic carbocycles. The Hall–Kier alpha value is -2.04. The van der Waals surface area contributed by atoms with E-state index in [1.807, 2.05) is 29.2 Å². The normalized spacial score (nSPS) is 21.0. The van der Waals surface area contributed by atoms with Gasteiger partial charge in [-0.1, -0.05) is 66.7 Å². The van der Waals surface area contributed by atoms with Crippen LogP contribution in [-0.4, -0.2) is 34.2 Å². The molecule has 4 rings (SSSR count). The van der Waals surface area contributed by atoms with Crippen molar-refractivity contribution in [2.24, 2.45) is 0 Å². The second-order valence-corrected chi connectivity index (χ2v) is 8.73. The maximum absolute atomic E-state index is 13.6. The minimum Gasteiger partial charge on any atom is -0.328 e. The molecule has 0 bridgehead atoms. The van der Waals surface area contributed by atoms with E-state index < -0.39 is 6.04 Å². The Morgan fingerprint density at radius 1 is 0.828 bits per heavy atom. The van der Waals surface area contributed by atoms with Crippen molar-refractivity contribution >= 4 is 35.0 Å². The number of amides is 2. The Balaban J connectivity index is 1.66. The van der Waals surface area contributed by atoms with Gasteiger partial charge in [-0.05, 0) is 48.2 Å². The third-order valence-electron chi connectivity index (χ3n) is 5.92. The van der Waals surface area contributed by atoms with Crippen LogP contribution in [0.5, 0.6) is 0 Å². The van der Waals surface area contributed by atoms with E-state index in [9.17, 15) is 9.59 Å². The molecule has 29 heavy (non-hydrogen) atoms. The summed E-state index contributed by atoms with van der Waals surface area (Å²) >= 11 is 12.1. The van der Waals surface area contributed by atoms with Crippen LogP contribution in [0.1, 0.15) is 49.3 Å². The van der Waals surface area contributed by atoms with Gasteiger partial charge in [-0.25, -0.2) is 0 Å². The van der Waals surface area contributed by atoms with Crippen LogP contribution in [0.2, 0.25) is 10.0 Å². The van der Waals surface area contributed by atoms with Gasteiger partial charge in [0.2, 0.25) is 5.91 Å². The molecule has 0 aromatic heterocycles. The summed E-state index contributed by atoms with van der Waals surface area (Å²) in [5.74, 6) is -0.0159. The van der Waals surface area contributed by atoms with E-state index in [4.69, 9.17) is 23.2 Å². The Morgan fingerprint density at radius 2 is 1.41 bits per heavy atom. The molecule has 4 nitrogen and oxygen atoms in total. The molecule has 0 N–H and O–H groups in total. The lowest BCUT2D eigenvalue weighted by Gasteiger charge is -2.44. The van der Waals surface area contributed by atoms with Crippen molar-refractivity contribution in [3.05, 3.63) is 69.7 Å². The fraction of sp³-hybridized carbons (Fsp3) is 0.391. The van der Waals surface area contributed by atoms with Gasteiger partial charge in [0.25, 0.3) is 5.91 Å². The summed E-state index contributed by atoms with van der Waals surface area (Å²) in [5.41, 5.74) is 1.74. The summed E-state index contributed by atoms with van der Waals surface area (Å²) in [5, 5.41) is 1.25. The first-order chi connectivity index (χ1) is 14.0. The molecule has 1 unspecified atom stereocenters. The lowest BCUT2D eigenvalue weighted by atomic mass is 9.91. The van der Waals surface area contributed by atoms with E-state index in [2.05, 4.69) is 0 Å². The fourth-order valence-electron chi connectivity index (χ4n) is 4.38. The summed E-state index contributed by atoms with van der Waals surface area (Å²) in [6.07, 6.45) is 5.38. The van der Waals surface area contributed by atoms with Gasteiger partial charge in [0, 0.05) is 22.6 Å². The Kier molecular flexibility index (Phi) is 6.12. The standard InChI is InChI=1S/C23H24Cl2N2O2/c24-18-10-6-16(7-11-18)14-27-21(28)15-26(20-4-2-1-3-5-20)23(29)22(27)17-8-12-19(25)13-9-17/h6-13,20,22H,1-5,14-15H2. The van der Waals surface area contributed by atoms with E-state index in [0.29, 0.717) is 16.6 Å². The zero-order valence-corrected chi connectivity index (χ0v) is 17.7. The van der Waals surface area contributed by atoms with Crippen LogP contribution >= 0.6 is 23.2 Å². The highest BCUT2D eigenvalue weighted by molar-refractivity contribution is 6.30. The van der Waals surface area contributed by atoms with Crippen molar-refractivity contribution in [3.8, 4) is 0 Å². The second-order valence-electron chi connectivity index (χ2n) is 7.86. The quantitative estimate of drug-likeness (QED) is 0.665. The number of benzene rings is 2. The Morgan fingerprint density at radius 3 is 2.03 bits per heavy atom. The number of halogens is 2. The average Bonchev–Trinajstić information content (AvgIpc) is 2.74. The minimum absolute atomic E-state index is 0.00721. The highest BCUT2D eigenvalue weighted by Crippen LogP contribution is 2.34. The summed E-state index contributed by atoms with van der Waals surface area (Å²) < 4.78 is 0. The third kappa shape index (κ3) is 4.44. The molecule has 0 spiro atoms. The first kappa shape index (κ1) is 20.2. The number of carbonyl (C=O) groups excluding carboxylic acids is 2. The number of rotatable bonds is 4. The monoisotopic (exact) mass is 430 g/mol. The molecule has 152 valence electrons. The molecule has 1 saturated heterocycles. The Labute approximate surface area is 181 Å². The average molecular weight is 431 g/mol. The second kappa shape index (κ2) is 8.76. The summed E-state index contributed by atoms with van der Waals surface area (Å²) in [7, 11) is 0. The molecular weight excluding hydrogens is 407 g/mol. The van der Waals surface area contributed by atoms with Gasteiger partial charge in [-0.2, -0.15) is 0 Å². The molecule has 2 aliphatic rings. The number of piperazine rings is 1. The van der Waals surface area contributed by atoms with Crippen LogP contribution in [0.3, 0.4) is 0 Å². The van der Waals surface area contributed by atoms with Crippen molar-refractivity contribution in [1.82, 2.24) is 9.80 Å². The van der Waals surface area contributed by atoms with E-state index in [1.54, 1.807) is 29.2 Å². The fourth-order valence-corrected chi connectivity index (χ4v) is 4.64. The maximum Gasteiger partial charge on any atom is 0.250 e. The van der Waals surface area contributed by atoms with Gasteiger partial charge < -0.3 is 9.80 Å². The predicted octanol–water partition coefficient (Wildman–Crippen LogP) is 5.24. The van der Waals surface area contributed by atoms with Gasteiger partial charge in [0.05, 0.1) is 0 Å². The highest BCUT2D eigenvalue weighted by atomic mass is 35.5. The molecule has 1 saturated carbocycles. The summed E-state index contributed by atoms with van der Waals surface area (Å²) in [6.45, 7) is 0.523. The van der Waals surface area contributed by atoms with E-state index in [1.165, 1.54) is 6.42 Å². The molecular formula is C23H24Cl2N2O2. The zero-order valence-electron chi connectivity index (χ0n) is 16.2. The molecule has 2 aromatic carbocycles. The lowest BCUT2D eigenvalue weighted by molar-refractivity contribution is -0.160. The van der Waals surface area contributed by atoms with Crippen molar-refractivity contribution in [2.75, 3.05) is 6.54 Å². The summed E-state index contributed by atoms with van der Waals surface area (Å²) in [6, 6.07) is 14.2. The molecule has 1 heterocycles. The Bertz CT molecular complexity index is 877. The lowest BCUT2D eigenvalue weighted by Crippen LogP contribution is -2.58. The summed E-state index contributed by atoms with van der Waals surface area (Å²) in [4.78, 5) is 30.3. The first-order valence-corrected chi connectivity index (χ1v) is 10.9. The van der Waals surface area contributed by atoms with E-state index >= 15 is 0 Å². The van der Waals surface area contributed by atoms with E-state index in [0.717, 1.165) is 36.8 Å². The number of nitrogens with zero attached hydrogens (tertiary/aromatic N) is 2. The third-order valence-corrected chi connectivity index (χ3v) is 6.43. The largest absolute Gasteiger partial charge is 0.328 e. The molecule has 1 atom stereocenters. The van der Waals surface area contributed by atoms with Crippen molar-refractivity contribution < 1.29 is 9.59 Å². The van der Waals surface area contributed by atoms with Gasteiger partial charge in [-0.15, -0.1) is 0 Å². The van der Waals surface area contributed by atoms with Crippen LogP contribution in [0, 0.1) is 0 Å². The smallest absolute Gasteiger partial charge is 0.250 e. The first-order valence-electron chi connectivity index (χ1n) is 10.1. The van der Waals surface area contributed by atoms with Gasteiger partial charge in [0.15, 0.2) is 0 Å². The van der Waals surface area contributed by atoms with Crippen LogP contribution in [0.25, 0.3) is 0 Å². The van der Waals surface area contributed by atoms with Gasteiger partial charge in [-0.3, -0.25) is 9.59 Å². The SMILES string of the molecule is O=C1C(c2ccc(Cl)cc2)N(Cc2ccc(Cl)cc2)C(=O)CN1C1CCCCC1. The molecule has 2 amide bonds. The minimum atomic E-state index is -0.633. The maximum atomic E-state index is 13.6. The van der Waals surface area contributed by atoms with Crippen LogP contribution in [0.4, 0.5) is 0 Å². The number of hydrogen-bond donors (Lipinski definition) is 0. The van der Waals surface area contributed by atoms with Crippen LogP contribution < -0.4 is 0 Å². The number of hydrogen-bond acceptors (Lipinski definition) is 2. The molecule has 2 fully saturated rings. The zero-order chi connectivity index (χ0) is 20.4. The van der Waals surface area contributed by atoms with Crippen LogP contribution in [0.15, 0.2) is 48.5 Å². The van der Waals surface area contributed by atoms with Crippen molar-refractivity contribution in [3.63, 3.8) is 0 Å². The molecule has 2 aromatic rings. The number of carbonyl (C=O) groups is 2. The molecule has 1 aliphatic heterocycles. The van der Waals surface area contributed by atoms with E-state index in [-0.39, 0.29) is 24.4 Å². The van der Waals surface area contributed by atoms with Crippen molar-refractivity contribution in [1.29, 1.82) is 0 Å². The van der Waals surface area contributed by atoms with Crippen molar-refractivity contribution in [2.45, 2.75) is 50.7 Å². The molecule has 6 heteroatoms. The van der Waals surface area contributed by atoms with Gasteiger partial charge in [0.1, 0.15) is 12.6 Å². The predicted molar refractivity (Wildman–Crippen MR) is 115 cm³/mol. The van der Waals surface area contributed by atoms with Crippen LogP contribution in [-0.2, 0) is 16.1 Å². The van der Waals surface area contributed by atoms with Gasteiger partial charge >= 0.3 is 0 Å². The molecule has 0 radical (unpaired) electrons. The highest BCUT2D eigenvalue weighted by Gasteiger charge is 2.42. The topological polar surface area (TPSA) is 40.6 Å².